The summed E-state index contributed by atoms with van der Waals surface area (Å²) >= 11 is 1.32. The summed E-state index contributed by atoms with van der Waals surface area (Å²) in [5.74, 6) is 0. The maximum atomic E-state index is 12.2. The molecule has 1 aliphatic heterocycles. The first-order valence-electron chi connectivity index (χ1n) is 7.04. The van der Waals surface area contributed by atoms with Crippen LogP contribution in [0.3, 0.4) is 0 Å². The van der Waals surface area contributed by atoms with Crippen molar-refractivity contribution in [2.75, 3.05) is 26.2 Å². The summed E-state index contributed by atoms with van der Waals surface area (Å²) < 4.78 is 32.4. The fourth-order valence-corrected chi connectivity index (χ4v) is 4.62. The fourth-order valence-electron chi connectivity index (χ4n) is 2.36. The smallest absolute Gasteiger partial charge is 0.241 e. The first-order chi connectivity index (χ1) is 9.97. The molecule has 0 aromatic carbocycles. The summed E-state index contributed by atoms with van der Waals surface area (Å²) in [6.45, 7) is 6.62. The van der Waals surface area contributed by atoms with Gasteiger partial charge in [0.05, 0.1) is 29.8 Å². The highest BCUT2D eigenvalue weighted by Crippen LogP contribution is 2.19. The molecule has 2 rings (SSSR count). The first kappa shape index (κ1) is 16.9. The second-order valence-electron chi connectivity index (χ2n) is 5.04. The van der Waals surface area contributed by atoms with E-state index in [0.717, 1.165) is 13.1 Å². The van der Waals surface area contributed by atoms with Crippen molar-refractivity contribution in [2.45, 2.75) is 37.0 Å². The molecule has 0 saturated carbocycles. The molecule has 120 valence electrons. The Labute approximate surface area is 129 Å². The number of hydrogen-bond acceptors (Lipinski definition) is 6. The third-order valence-corrected chi connectivity index (χ3v) is 6.05. The minimum Gasteiger partial charge on any atom is -0.389 e. The molecule has 1 aromatic heterocycles. The van der Waals surface area contributed by atoms with E-state index < -0.39 is 22.2 Å². The molecule has 2 N–H and O–H groups in total. The van der Waals surface area contributed by atoms with E-state index in [9.17, 15) is 13.5 Å². The van der Waals surface area contributed by atoms with Gasteiger partial charge in [0.25, 0.3) is 0 Å². The Bertz CT molecular complexity index is 528. The van der Waals surface area contributed by atoms with Crippen molar-refractivity contribution in [2.24, 2.45) is 0 Å². The minimum absolute atomic E-state index is 0.191. The molecular weight excluding hydrogens is 312 g/mol. The van der Waals surface area contributed by atoms with Gasteiger partial charge in [-0.15, -0.1) is 0 Å². The minimum atomic E-state index is -3.59. The highest BCUT2D eigenvalue weighted by atomic mass is 32.2. The summed E-state index contributed by atoms with van der Waals surface area (Å²) in [4.78, 5) is 2.37. The van der Waals surface area contributed by atoms with Crippen molar-refractivity contribution in [3.8, 4) is 0 Å². The molecule has 6 nitrogen and oxygen atoms in total. The van der Waals surface area contributed by atoms with Gasteiger partial charge in [-0.25, -0.2) is 13.1 Å². The zero-order chi connectivity index (χ0) is 15.5. The molecule has 0 amide bonds. The Morgan fingerprint density at radius 1 is 1.48 bits per heavy atom. The highest BCUT2D eigenvalue weighted by molar-refractivity contribution is 7.89. The second kappa shape index (κ2) is 7.17. The number of sulfonamides is 1. The number of nitrogens with one attached hydrogen (secondary N) is 1. The number of hydrogen-bond donors (Lipinski definition) is 2. The molecule has 1 fully saturated rings. The quantitative estimate of drug-likeness (QED) is 0.759. The van der Waals surface area contributed by atoms with Crippen LogP contribution in [0.1, 0.15) is 13.8 Å². The van der Waals surface area contributed by atoms with Gasteiger partial charge < -0.3 is 14.7 Å². The van der Waals surface area contributed by atoms with E-state index in [0.29, 0.717) is 6.54 Å². The second-order valence-corrected chi connectivity index (χ2v) is 7.53. The van der Waals surface area contributed by atoms with Gasteiger partial charge in [0, 0.05) is 11.9 Å². The van der Waals surface area contributed by atoms with Gasteiger partial charge in [-0.3, -0.25) is 0 Å². The predicted octanol–water partition coefficient (Wildman–Crippen LogP) is 0.496. The number of nitrogens with zero attached hydrogens (tertiary/aromatic N) is 1. The van der Waals surface area contributed by atoms with Gasteiger partial charge in [0.15, 0.2) is 0 Å². The monoisotopic (exact) mass is 334 g/mol. The lowest BCUT2D eigenvalue weighted by Crippen LogP contribution is -2.46. The van der Waals surface area contributed by atoms with Crippen molar-refractivity contribution < 1.29 is 18.3 Å². The van der Waals surface area contributed by atoms with Crippen LogP contribution in [0.2, 0.25) is 0 Å². The summed E-state index contributed by atoms with van der Waals surface area (Å²) in [7, 11) is -3.59. The van der Waals surface area contributed by atoms with Crippen LogP contribution < -0.4 is 4.72 Å². The topological polar surface area (TPSA) is 78.9 Å². The molecule has 1 aliphatic rings. The van der Waals surface area contributed by atoms with Gasteiger partial charge in [-0.2, -0.15) is 11.3 Å². The Kier molecular flexibility index (Phi) is 5.75. The first-order valence-corrected chi connectivity index (χ1v) is 9.47. The number of thiophene rings is 1. The van der Waals surface area contributed by atoms with E-state index in [1.54, 1.807) is 16.8 Å². The van der Waals surface area contributed by atoms with Crippen LogP contribution in [0.25, 0.3) is 0 Å². The number of aliphatic hydroxyl groups excluding tert-OH is 1. The molecule has 0 spiro atoms. The van der Waals surface area contributed by atoms with Crippen molar-refractivity contribution >= 4 is 21.4 Å². The Hall–Kier alpha value is -0.510. The number of ether oxygens (including phenoxy) is 1. The zero-order valence-electron chi connectivity index (χ0n) is 12.2. The van der Waals surface area contributed by atoms with Crippen LogP contribution in [-0.4, -0.2) is 62.9 Å². The summed E-state index contributed by atoms with van der Waals surface area (Å²) in [6.07, 6.45) is -1.20. The van der Waals surface area contributed by atoms with E-state index >= 15 is 0 Å². The molecule has 3 atom stereocenters. The highest BCUT2D eigenvalue weighted by Gasteiger charge is 2.38. The molecule has 1 aromatic rings. The van der Waals surface area contributed by atoms with Crippen LogP contribution in [0, 0.1) is 0 Å². The van der Waals surface area contributed by atoms with Gasteiger partial charge in [-0.1, -0.05) is 13.8 Å². The van der Waals surface area contributed by atoms with E-state index in [1.165, 1.54) is 11.3 Å². The van der Waals surface area contributed by atoms with Crippen molar-refractivity contribution in [3.05, 3.63) is 16.8 Å². The predicted molar refractivity (Wildman–Crippen MR) is 82.0 cm³/mol. The van der Waals surface area contributed by atoms with Crippen LogP contribution >= 0.6 is 11.3 Å². The Balaban J connectivity index is 1.97. The number of rotatable bonds is 7. The molecule has 8 heteroatoms. The van der Waals surface area contributed by atoms with E-state index in [1.807, 2.05) is 13.8 Å². The fraction of sp³-hybridized carbons (Fsp3) is 0.692. The Morgan fingerprint density at radius 2 is 2.19 bits per heavy atom. The van der Waals surface area contributed by atoms with Gasteiger partial charge in [0.2, 0.25) is 10.0 Å². The molecule has 1 saturated heterocycles. The Morgan fingerprint density at radius 3 is 2.76 bits per heavy atom. The number of likely N-dealkylation sites (N-methyl/N-ethyl adjacent to an activating group) is 1. The molecule has 0 radical (unpaired) electrons. The maximum Gasteiger partial charge on any atom is 0.241 e. The molecule has 3 unspecified atom stereocenters. The average molecular weight is 334 g/mol. The number of aliphatic hydroxyl groups is 1. The summed E-state index contributed by atoms with van der Waals surface area (Å²) in [6, 6.07) is 0.943. The van der Waals surface area contributed by atoms with Crippen molar-refractivity contribution in [1.29, 1.82) is 0 Å². The maximum absolute atomic E-state index is 12.2. The van der Waals surface area contributed by atoms with E-state index in [2.05, 4.69) is 9.62 Å². The van der Waals surface area contributed by atoms with Gasteiger partial charge in [-0.05, 0) is 24.5 Å². The van der Waals surface area contributed by atoms with Crippen LogP contribution in [0.5, 0.6) is 0 Å². The third-order valence-electron chi connectivity index (χ3n) is 3.73. The lowest BCUT2D eigenvalue weighted by molar-refractivity contribution is 0.0175. The van der Waals surface area contributed by atoms with Crippen molar-refractivity contribution in [1.82, 2.24) is 9.62 Å². The molecule has 0 aliphatic carbocycles. The van der Waals surface area contributed by atoms with Crippen LogP contribution in [0.15, 0.2) is 21.7 Å². The average Bonchev–Trinajstić information content (AvgIpc) is 3.09. The zero-order valence-corrected chi connectivity index (χ0v) is 13.9. The standard InChI is InChI=1S/C13H22N2O4S2/c1-3-15(4-2)7-12-13(16)11(8-19-12)14-21(17,18)10-5-6-20-9-10/h5-6,9,11-14,16H,3-4,7-8H2,1-2H3. The largest absolute Gasteiger partial charge is 0.389 e. The molecule has 2 heterocycles. The normalized spacial score (nSPS) is 26.6. The van der Waals surface area contributed by atoms with E-state index in [-0.39, 0.29) is 17.6 Å². The molecule has 0 bridgehead atoms. The van der Waals surface area contributed by atoms with Gasteiger partial charge >= 0.3 is 0 Å². The van der Waals surface area contributed by atoms with Crippen LogP contribution in [0.4, 0.5) is 0 Å². The lowest BCUT2D eigenvalue weighted by Gasteiger charge is -2.24. The van der Waals surface area contributed by atoms with Gasteiger partial charge in [0.1, 0.15) is 0 Å². The summed E-state index contributed by atoms with van der Waals surface area (Å²) in [5, 5.41) is 13.5. The summed E-state index contributed by atoms with van der Waals surface area (Å²) in [5.41, 5.74) is 0. The molecule has 21 heavy (non-hydrogen) atoms. The third kappa shape index (κ3) is 4.02. The SMILES string of the molecule is CCN(CC)CC1OCC(NS(=O)(=O)c2ccsc2)C1O. The lowest BCUT2D eigenvalue weighted by atomic mass is 10.1. The van der Waals surface area contributed by atoms with Crippen LogP contribution in [-0.2, 0) is 14.8 Å². The van der Waals surface area contributed by atoms with Crippen molar-refractivity contribution in [3.63, 3.8) is 0 Å². The van der Waals surface area contributed by atoms with E-state index in [4.69, 9.17) is 4.74 Å². The molecular formula is C13H22N2O4S2.